The number of nitriles is 1. The second-order valence-corrected chi connectivity index (χ2v) is 4.51. The predicted molar refractivity (Wildman–Crippen MR) is 64.1 cm³/mol. The first kappa shape index (κ1) is 10.9. The van der Waals surface area contributed by atoms with Crippen LogP contribution in [-0.2, 0) is 0 Å². The molecule has 5 nitrogen and oxygen atoms in total. The second kappa shape index (κ2) is 4.24. The molecule has 3 rings (SSSR count). The summed E-state index contributed by atoms with van der Waals surface area (Å²) in [6.07, 6.45) is 2.28. The molecule has 0 amide bonds. The predicted octanol–water partition coefficient (Wildman–Crippen LogP) is 2.02. The molecule has 2 N–H and O–H groups in total. The number of aromatic nitrogens is 2. The fourth-order valence-corrected chi connectivity index (χ4v) is 1.84. The van der Waals surface area contributed by atoms with Crippen molar-refractivity contribution in [2.75, 3.05) is 0 Å². The van der Waals surface area contributed by atoms with Gasteiger partial charge in [0.25, 0.3) is 5.89 Å². The van der Waals surface area contributed by atoms with E-state index in [2.05, 4.69) is 16.2 Å². The minimum atomic E-state index is -0.124. The lowest BCUT2D eigenvalue weighted by molar-refractivity contribution is 0.411. The van der Waals surface area contributed by atoms with Crippen LogP contribution >= 0.6 is 0 Å². The van der Waals surface area contributed by atoms with Crippen molar-refractivity contribution in [1.82, 2.24) is 10.1 Å². The quantitative estimate of drug-likeness (QED) is 0.886. The topological polar surface area (TPSA) is 88.7 Å². The van der Waals surface area contributed by atoms with E-state index in [1.807, 2.05) is 0 Å². The third kappa shape index (κ3) is 1.98. The van der Waals surface area contributed by atoms with Gasteiger partial charge in [0.1, 0.15) is 0 Å². The normalized spacial score (nSPS) is 16.2. The van der Waals surface area contributed by atoms with Crippen molar-refractivity contribution in [3.63, 3.8) is 0 Å². The van der Waals surface area contributed by atoms with Gasteiger partial charge in [-0.3, -0.25) is 0 Å². The van der Waals surface area contributed by atoms with Gasteiger partial charge in [-0.1, -0.05) is 5.16 Å². The summed E-state index contributed by atoms with van der Waals surface area (Å²) in [6, 6.07) is 8.97. The van der Waals surface area contributed by atoms with E-state index >= 15 is 0 Å². The molecule has 1 fully saturated rings. The van der Waals surface area contributed by atoms with Gasteiger partial charge < -0.3 is 10.3 Å². The third-order valence-electron chi connectivity index (χ3n) is 3.13. The Kier molecular flexibility index (Phi) is 2.58. The van der Waals surface area contributed by atoms with Gasteiger partial charge in [-0.15, -0.1) is 0 Å². The van der Waals surface area contributed by atoms with Gasteiger partial charge in [0.05, 0.1) is 17.7 Å². The van der Waals surface area contributed by atoms with Crippen molar-refractivity contribution in [3.8, 4) is 17.5 Å². The third-order valence-corrected chi connectivity index (χ3v) is 3.13. The summed E-state index contributed by atoms with van der Waals surface area (Å²) in [5.41, 5.74) is 7.42. The Morgan fingerprint density at radius 2 is 2.06 bits per heavy atom. The minimum absolute atomic E-state index is 0.124. The molecule has 1 aliphatic carbocycles. The highest BCUT2D eigenvalue weighted by molar-refractivity contribution is 5.54. The van der Waals surface area contributed by atoms with E-state index in [1.54, 1.807) is 24.3 Å². The number of hydrogen-bond donors (Lipinski definition) is 1. The van der Waals surface area contributed by atoms with Crippen molar-refractivity contribution < 1.29 is 4.52 Å². The number of benzene rings is 1. The molecule has 90 valence electrons. The summed E-state index contributed by atoms with van der Waals surface area (Å²) in [4.78, 5) is 4.31. The molecule has 1 saturated carbocycles. The zero-order valence-electron chi connectivity index (χ0n) is 9.71. The van der Waals surface area contributed by atoms with E-state index in [0.717, 1.165) is 18.4 Å². The molecule has 0 spiro atoms. The molecule has 1 aromatic carbocycles. The first-order valence-corrected chi connectivity index (χ1v) is 5.87. The van der Waals surface area contributed by atoms with Crippen molar-refractivity contribution in [1.29, 1.82) is 5.26 Å². The summed E-state index contributed by atoms with van der Waals surface area (Å²) < 4.78 is 5.20. The average Bonchev–Trinajstić information content (AvgIpc) is 3.15. The van der Waals surface area contributed by atoms with Gasteiger partial charge in [-0.25, -0.2) is 0 Å². The monoisotopic (exact) mass is 240 g/mol. The first-order chi connectivity index (χ1) is 8.78. The molecule has 1 aliphatic rings. The van der Waals surface area contributed by atoms with Crippen LogP contribution in [0.1, 0.15) is 30.3 Å². The van der Waals surface area contributed by atoms with Gasteiger partial charge in [0.15, 0.2) is 5.82 Å². The first-order valence-electron chi connectivity index (χ1n) is 5.87. The van der Waals surface area contributed by atoms with Crippen LogP contribution in [0, 0.1) is 17.2 Å². The number of rotatable bonds is 3. The zero-order chi connectivity index (χ0) is 12.5. The molecule has 2 aromatic rings. The highest BCUT2D eigenvalue weighted by Crippen LogP contribution is 2.38. The molecular weight excluding hydrogens is 228 g/mol. The van der Waals surface area contributed by atoms with Crippen LogP contribution in [0.15, 0.2) is 28.8 Å². The molecule has 0 saturated heterocycles. The van der Waals surface area contributed by atoms with E-state index in [9.17, 15) is 0 Å². The number of hydrogen-bond acceptors (Lipinski definition) is 5. The summed E-state index contributed by atoms with van der Waals surface area (Å²) in [5, 5.41) is 12.6. The maximum absolute atomic E-state index is 8.73. The molecule has 1 unspecified atom stereocenters. The number of nitrogens with two attached hydrogens (primary N) is 1. The molecule has 1 heterocycles. The Bertz CT molecular complexity index is 592. The molecule has 1 atom stereocenters. The Morgan fingerprint density at radius 1 is 1.33 bits per heavy atom. The summed E-state index contributed by atoms with van der Waals surface area (Å²) in [5.74, 6) is 1.51. The molecule has 0 radical (unpaired) electrons. The maximum Gasteiger partial charge on any atom is 0.257 e. The number of nitrogens with zero attached hydrogens (tertiary/aromatic N) is 3. The Morgan fingerprint density at radius 3 is 2.67 bits per heavy atom. The Hall–Kier alpha value is -2.19. The van der Waals surface area contributed by atoms with Crippen molar-refractivity contribution in [3.05, 3.63) is 35.7 Å². The van der Waals surface area contributed by atoms with Crippen molar-refractivity contribution in [2.45, 2.75) is 18.9 Å². The second-order valence-electron chi connectivity index (χ2n) is 4.51. The lowest BCUT2D eigenvalue weighted by Gasteiger charge is -2.01. The van der Waals surface area contributed by atoms with Crippen LogP contribution in [0.25, 0.3) is 11.5 Å². The maximum atomic E-state index is 8.73. The fraction of sp³-hybridized carbons (Fsp3) is 0.308. The zero-order valence-corrected chi connectivity index (χ0v) is 9.71. The molecule has 1 aromatic heterocycles. The Balaban J connectivity index is 1.85. The summed E-state index contributed by atoms with van der Waals surface area (Å²) in [7, 11) is 0. The average molecular weight is 240 g/mol. The molecule has 18 heavy (non-hydrogen) atoms. The van der Waals surface area contributed by atoms with E-state index in [0.29, 0.717) is 23.2 Å². The SMILES string of the molecule is N#Cc1ccc(-c2nc(C(N)C3CC3)no2)cc1. The lowest BCUT2D eigenvalue weighted by atomic mass is 10.1. The van der Waals surface area contributed by atoms with E-state index in [-0.39, 0.29) is 6.04 Å². The molecule has 0 aliphatic heterocycles. The van der Waals surface area contributed by atoms with Gasteiger partial charge in [0.2, 0.25) is 0 Å². The minimum Gasteiger partial charge on any atom is -0.334 e. The fourth-order valence-electron chi connectivity index (χ4n) is 1.84. The van der Waals surface area contributed by atoms with E-state index in [1.165, 1.54) is 0 Å². The van der Waals surface area contributed by atoms with Gasteiger partial charge in [0, 0.05) is 5.56 Å². The van der Waals surface area contributed by atoms with Crippen molar-refractivity contribution >= 4 is 0 Å². The van der Waals surface area contributed by atoms with Gasteiger partial charge in [-0.2, -0.15) is 10.2 Å². The highest BCUT2D eigenvalue weighted by atomic mass is 16.5. The molecule has 5 heteroatoms. The molecule has 0 bridgehead atoms. The van der Waals surface area contributed by atoms with Crippen LogP contribution in [0.5, 0.6) is 0 Å². The van der Waals surface area contributed by atoms with Crippen LogP contribution in [0.2, 0.25) is 0 Å². The molecular formula is C13H12N4O. The van der Waals surface area contributed by atoms with Crippen molar-refractivity contribution in [2.24, 2.45) is 11.7 Å². The van der Waals surface area contributed by atoms with Crippen LogP contribution < -0.4 is 5.73 Å². The van der Waals surface area contributed by atoms with Crippen LogP contribution in [0.3, 0.4) is 0 Å². The smallest absolute Gasteiger partial charge is 0.257 e. The van der Waals surface area contributed by atoms with E-state index in [4.69, 9.17) is 15.5 Å². The summed E-state index contributed by atoms with van der Waals surface area (Å²) in [6.45, 7) is 0. The van der Waals surface area contributed by atoms with Crippen LogP contribution in [0.4, 0.5) is 0 Å². The Labute approximate surface area is 104 Å². The lowest BCUT2D eigenvalue weighted by Crippen LogP contribution is -2.13. The standard InChI is InChI=1S/C13H12N4O/c14-7-8-1-3-10(4-2-8)13-16-12(17-18-13)11(15)9-5-6-9/h1-4,9,11H,5-6,15H2. The highest BCUT2D eigenvalue weighted by Gasteiger charge is 2.32. The van der Waals surface area contributed by atoms with Gasteiger partial charge in [-0.05, 0) is 43.0 Å². The summed E-state index contributed by atoms with van der Waals surface area (Å²) >= 11 is 0. The van der Waals surface area contributed by atoms with E-state index < -0.39 is 0 Å². The van der Waals surface area contributed by atoms with Crippen LogP contribution in [-0.4, -0.2) is 10.1 Å². The largest absolute Gasteiger partial charge is 0.334 e. The van der Waals surface area contributed by atoms with Gasteiger partial charge >= 0.3 is 0 Å².